The van der Waals surface area contributed by atoms with Crippen LogP contribution in [0.2, 0.25) is 5.02 Å². The summed E-state index contributed by atoms with van der Waals surface area (Å²) < 4.78 is 3.94. The van der Waals surface area contributed by atoms with Gasteiger partial charge in [0.2, 0.25) is 0 Å². The number of benzene rings is 2. The zero-order valence-corrected chi connectivity index (χ0v) is 16.6. The normalized spacial score (nSPS) is 11.6. The van der Waals surface area contributed by atoms with Gasteiger partial charge in [-0.1, -0.05) is 23.7 Å². The molecule has 0 radical (unpaired) electrons. The van der Waals surface area contributed by atoms with Crippen molar-refractivity contribution in [3.8, 4) is 17.1 Å². The fraction of sp³-hybridized carbons (Fsp3) is 0.136. The van der Waals surface area contributed by atoms with Gasteiger partial charge in [0.1, 0.15) is 6.33 Å². The third-order valence-corrected chi connectivity index (χ3v) is 5.45. The third-order valence-electron chi connectivity index (χ3n) is 5.20. The lowest BCUT2D eigenvalue weighted by atomic mass is 10.2. The molecule has 5 rings (SSSR count). The van der Waals surface area contributed by atoms with Gasteiger partial charge in [-0.15, -0.1) is 5.10 Å². The van der Waals surface area contributed by atoms with Gasteiger partial charge in [-0.25, -0.2) is 14.5 Å². The van der Waals surface area contributed by atoms with Crippen molar-refractivity contribution < 1.29 is 0 Å². The third kappa shape index (κ3) is 2.51. The molecule has 3 heterocycles. The second-order valence-corrected chi connectivity index (χ2v) is 7.47. The van der Waals surface area contributed by atoms with Crippen LogP contribution in [0.3, 0.4) is 0 Å². The van der Waals surface area contributed by atoms with E-state index in [-0.39, 0.29) is 0 Å². The molecule has 0 atom stereocenters. The number of hydrogen-bond acceptors (Lipinski definition) is 3. The smallest absolute Gasteiger partial charge is 0.182 e. The van der Waals surface area contributed by atoms with Crippen LogP contribution in [0.1, 0.15) is 16.8 Å². The topological polar surface area (TPSA) is 48.0 Å². The average molecular weight is 388 g/mol. The minimum absolute atomic E-state index is 0.659. The molecule has 28 heavy (non-hydrogen) atoms. The van der Waals surface area contributed by atoms with Crippen LogP contribution >= 0.6 is 11.6 Å². The highest BCUT2D eigenvalue weighted by atomic mass is 35.5. The van der Waals surface area contributed by atoms with E-state index >= 15 is 0 Å². The molecular formula is C22H18ClN5. The highest BCUT2D eigenvalue weighted by molar-refractivity contribution is 6.30. The van der Waals surface area contributed by atoms with E-state index in [0.717, 1.165) is 39.2 Å². The average Bonchev–Trinajstić information content (AvgIpc) is 3.22. The minimum Gasteiger partial charge on any atom is -0.298 e. The second kappa shape index (κ2) is 6.17. The molecule has 0 saturated heterocycles. The summed E-state index contributed by atoms with van der Waals surface area (Å²) in [6.45, 7) is 6.33. The Balaban J connectivity index is 1.79. The summed E-state index contributed by atoms with van der Waals surface area (Å²) in [4.78, 5) is 9.54. The summed E-state index contributed by atoms with van der Waals surface area (Å²) in [5, 5.41) is 6.34. The number of fused-ring (bicyclic) bond motifs is 3. The van der Waals surface area contributed by atoms with Gasteiger partial charge >= 0.3 is 0 Å². The Morgan fingerprint density at radius 1 is 0.929 bits per heavy atom. The molecule has 0 aliphatic rings. The number of hydrogen-bond donors (Lipinski definition) is 0. The van der Waals surface area contributed by atoms with Crippen molar-refractivity contribution in [3.63, 3.8) is 0 Å². The molecule has 0 saturated carbocycles. The van der Waals surface area contributed by atoms with Gasteiger partial charge in [-0.3, -0.25) is 4.57 Å². The summed E-state index contributed by atoms with van der Waals surface area (Å²) in [6.07, 6.45) is 1.73. The minimum atomic E-state index is 0.659. The fourth-order valence-corrected chi connectivity index (χ4v) is 3.79. The molecule has 0 fully saturated rings. The van der Waals surface area contributed by atoms with E-state index in [1.54, 1.807) is 10.8 Å². The number of nitrogens with zero attached hydrogens (tertiary/aromatic N) is 5. The van der Waals surface area contributed by atoms with Gasteiger partial charge in [0.05, 0.1) is 5.39 Å². The second-order valence-electron chi connectivity index (χ2n) is 7.04. The Bertz CT molecular complexity index is 1350. The van der Waals surface area contributed by atoms with Crippen molar-refractivity contribution in [2.75, 3.05) is 0 Å². The standard InChI is InChI=1S/C22H18ClN5/c1-13-5-4-6-18(11-13)28-15(3)14(2)19-21(28)24-12-27-22(19)25-20(26-27)16-7-9-17(23)10-8-16/h4-12H,1-3H3. The lowest BCUT2D eigenvalue weighted by molar-refractivity contribution is 0.926. The zero-order chi connectivity index (χ0) is 19.4. The molecule has 5 aromatic rings. The van der Waals surface area contributed by atoms with Gasteiger partial charge in [0.25, 0.3) is 0 Å². The maximum atomic E-state index is 6.01. The van der Waals surface area contributed by atoms with Gasteiger partial charge in [0.15, 0.2) is 17.1 Å². The molecule has 138 valence electrons. The fourth-order valence-electron chi connectivity index (χ4n) is 3.66. The largest absolute Gasteiger partial charge is 0.298 e. The predicted molar refractivity (Wildman–Crippen MR) is 112 cm³/mol. The van der Waals surface area contributed by atoms with E-state index in [0.29, 0.717) is 10.8 Å². The van der Waals surface area contributed by atoms with Crippen molar-refractivity contribution in [1.29, 1.82) is 0 Å². The maximum Gasteiger partial charge on any atom is 0.182 e. The Morgan fingerprint density at radius 3 is 2.46 bits per heavy atom. The molecule has 0 bridgehead atoms. The summed E-state index contributed by atoms with van der Waals surface area (Å²) in [5.41, 5.74) is 7.25. The van der Waals surface area contributed by atoms with Gasteiger partial charge in [-0.05, 0) is 68.3 Å². The van der Waals surface area contributed by atoms with Crippen LogP contribution in [-0.2, 0) is 0 Å². The van der Waals surface area contributed by atoms with Crippen LogP contribution in [0.25, 0.3) is 33.8 Å². The Morgan fingerprint density at radius 2 is 1.71 bits per heavy atom. The highest BCUT2D eigenvalue weighted by Gasteiger charge is 2.19. The van der Waals surface area contributed by atoms with Crippen molar-refractivity contribution in [3.05, 3.63) is 76.7 Å². The first-order valence-electron chi connectivity index (χ1n) is 9.09. The van der Waals surface area contributed by atoms with E-state index < -0.39 is 0 Å². The van der Waals surface area contributed by atoms with Crippen molar-refractivity contribution in [1.82, 2.24) is 24.1 Å². The monoisotopic (exact) mass is 387 g/mol. The molecule has 0 N–H and O–H groups in total. The number of aryl methyl sites for hydroxylation is 2. The van der Waals surface area contributed by atoms with E-state index in [1.165, 1.54) is 5.56 Å². The first kappa shape index (κ1) is 17.0. The molecule has 2 aromatic carbocycles. The summed E-state index contributed by atoms with van der Waals surface area (Å²) in [6, 6.07) is 16.0. The molecule has 0 spiro atoms. The zero-order valence-electron chi connectivity index (χ0n) is 15.8. The van der Waals surface area contributed by atoms with Gasteiger partial charge in [0, 0.05) is 22.0 Å². The molecule has 3 aromatic heterocycles. The van der Waals surface area contributed by atoms with Crippen LogP contribution in [0.5, 0.6) is 0 Å². The lowest BCUT2D eigenvalue weighted by Gasteiger charge is -2.08. The van der Waals surface area contributed by atoms with E-state index in [1.807, 2.05) is 24.3 Å². The summed E-state index contributed by atoms with van der Waals surface area (Å²) in [7, 11) is 0. The Hall–Kier alpha value is -3.18. The van der Waals surface area contributed by atoms with Crippen LogP contribution < -0.4 is 0 Å². The van der Waals surface area contributed by atoms with Crippen molar-refractivity contribution >= 4 is 28.3 Å². The van der Waals surface area contributed by atoms with Gasteiger partial charge < -0.3 is 0 Å². The lowest BCUT2D eigenvalue weighted by Crippen LogP contribution is -1.99. The van der Waals surface area contributed by atoms with E-state index in [9.17, 15) is 0 Å². The molecule has 0 aliphatic carbocycles. The maximum absolute atomic E-state index is 6.01. The number of aromatic nitrogens is 5. The highest BCUT2D eigenvalue weighted by Crippen LogP contribution is 2.31. The molecule has 0 unspecified atom stereocenters. The molecule has 0 amide bonds. The first-order chi connectivity index (χ1) is 13.5. The van der Waals surface area contributed by atoms with Gasteiger partial charge in [-0.2, -0.15) is 0 Å². The summed E-state index contributed by atoms with van der Waals surface area (Å²) >= 11 is 6.01. The van der Waals surface area contributed by atoms with Crippen LogP contribution in [0.4, 0.5) is 0 Å². The predicted octanol–water partition coefficient (Wildman–Crippen LogP) is 5.31. The Kier molecular flexibility index (Phi) is 3.74. The van der Waals surface area contributed by atoms with Crippen LogP contribution in [0, 0.1) is 20.8 Å². The Labute approximate surface area is 167 Å². The van der Waals surface area contributed by atoms with Crippen LogP contribution in [-0.4, -0.2) is 24.1 Å². The number of halogens is 1. The molecule has 5 nitrogen and oxygen atoms in total. The first-order valence-corrected chi connectivity index (χ1v) is 9.46. The van der Waals surface area contributed by atoms with E-state index in [2.05, 4.69) is 54.7 Å². The molecule has 0 aliphatic heterocycles. The van der Waals surface area contributed by atoms with Crippen molar-refractivity contribution in [2.24, 2.45) is 0 Å². The quantitative estimate of drug-likeness (QED) is 0.412. The molecular weight excluding hydrogens is 370 g/mol. The number of rotatable bonds is 2. The SMILES string of the molecule is Cc1cccc(-n2c(C)c(C)c3c2ncn2nc(-c4ccc(Cl)cc4)nc32)c1. The molecule has 6 heteroatoms. The van der Waals surface area contributed by atoms with Crippen LogP contribution in [0.15, 0.2) is 54.9 Å². The summed E-state index contributed by atoms with van der Waals surface area (Å²) in [5.74, 6) is 0.659. The van der Waals surface area contributed by atoms with Crippen molar-refractivity contribution in [2.45, 2.75) is 20.8 Å². The van der Waals surface area contributed by atoms with E-state index in [4.69, 9.17) is 21.6 Å².